The zero-order chi connectivity index (χ0) is 13.4. The van der Waals surface area contributed by atoms with Crippen molar-refractivity contribution in [2.75, 3.05) is 0 Å². The number of rotatable bonds is 2. The Hall–Kier alpha value is -2.36. The highest BCUT2D eigenvalue weighted by atomic mass is 16.1. The maximum Gasteiger partial charge on any atom is 0.250 e. The SMILES string of the molecule is CCn1nc(C)c2c(-c3ccccc3)cc(=O)[nH]c21. The molecule has 0 bridgehead atoms. The summed E-state index contributed by atoms with van der Waals surface area (Å²) in [6.07, 6.45) is 0. The summed E-state index contributed by atoms with van der Waals surface area (Å²) in [6.45, 7) is 4.72. The van der Waals surface area contributed by atoms with Gasteiger partial charge in [0.2, 0.25) is 5.56 Å². The predicted molar refractivity (Wildman–Crippen MR) is 76.2 cm³/mol. The van der Waals surface area contributed by atoms with Gasteiger partial charge in [-0.3, -0.25) is 4.79 Å². The molecule has 2 heterocycles. The summed E-state index contributed by atoms with van der Waals surface area (Å²) < 4.78 is 1.83. The van der Waals surface area contributed by atoms with E-state index in [4.69, 9.17) is 0 Å². The lowest BCUT2D eigenvalue weighted by Crippen LogP contribution is -2.08. The third kappa shape index (κ3) is 1.85. The number of hydrogen-bond donors (Lipinski definition) is 1. The number of fused-ring (bicyclic) bond motifs is 1. The van der Waals surface area contributed by atoms with Gasteiger partial charge in [0.25, 0.3) is 0 Å². The summed E-state index contributed by atoms with van der Waals surface area (Å²) in [6, 6.07) is 11.6. The van der Waals surface area contributed by atoms with Crippen molar-refractivity contribution in [3.05, 3.63) is 52.4 Å². The first-order valence-corrected chi connectivity index (χ1v) is 6.36. The minimum atomic E-state index is -0.0963. The molecule has 0 unspecified atom stereocenters. The number of nitrogens with zero attached hydrogens (tertiary/aromatic N) is 2. The van der Waals surface area contributed by atoms with Gasteiger partial charge < -0.3 is 4.98 Å². The maximum absolute atomic E-state index is 11.9. The Morgan fingerprint density at radius 1 is 1.26 bits per heavy atom. The fraction of sp³-hybridized carbons (Fsp3) is 0.200. The average molecular weight is 253 g/mol. The van der Waals surface area contributed by atoms with E-state index < -0.39 is 0 Å². The molecule has 96 valence electrons. The molecule has 0 amide bonds. The lowest BCUT2D eigenvalue weighted by molar-refractivity contribution is 0.669. The molecule has 19 heavy (non-hydrogen) atoms. The van der Waals surface area contributed by atoms with Crippen LogP contribution in [0.2, 0.25) is 0 Å². The number of aromatic nitrogens is 3. The fourth-order valence-electron chi connectivity index (χ4n) is 2.46. The average Bonchev–Trinajstić information content (AvgIpc) is 2.75. The smallest absolute Gasteiger partial charge is 0.250 e. The van der Waals surface area contributed by atoms with Gasteiger partial charge in [-0.1, -0.05) is 30.3 Å². The number of nitrogens with one attached hydrogen (secondary N) is 1. The van der Waals surface area contributed by atoms with Crippen LogP contribution in [0.15, 0.2) is 41.2 Å². The fourth-order valence-corrected chi connectivity index (χ4v) is 2.46. The van der Waals surface area contributed by atoms with Crippen molar-refractivity contribution < 1.29 is 0 Å². The van der Waals surface area contributed by atoms with Crippen LogP contribution in [-0.4, -0.2) is 14.8 Å². The van der Waals surface area contributed by atoms with E-state index in [-0.39, 0.29) is 5.56 Å². The Bertz CT molecular complexity index is 784. The van der Waals surface area contributed by atoms with E-state index in [0.717, 1.165) is 34.4 Å². The molecule has 0 aliphatic heterocycles. The van der Waals surface area contributed by atoms with Crippen molar-refractivity contribution in [2.45, 2.75) is 20.4 Å². The summed E-state index contributed by atoms with van der Waals surface area (Å²) in [4.78, 5) is 14.7. The Morgan fingerprint density at radius 3 is 2.68 bits per heavy atom. The van der Waals surface area contributed by atoms with Crippen molar-refractivity contribution in [3.63, 3.8) is 0 Å². The third-order valence-corrected chi connectivity index (χ3v) is 3.30. The minimum absolute atomic E-state index is 0.0963. The second-order valence-corrected chi connectivity index (χ2v) is 4.54. The van der Waals surface area contributed by atoms with E-state index in [9.17, 15) is 4.79 Å². The first-order valence-electron chi connectivity index (χ1n) is 6.36. The molecule has 4 heteroatoms. The summed E-state index contributed by atoms with van der Waals surface area (Å²) in [5.74, 6) is 0. The Kier molecular flexibility index (Phi) is 2.71. The summed E-state index contributed by atoms with van der Waals surface area (Å²) in [7, 11) is 0. The number of H-pyrrole nitrogens is 1. The molecule has 0 aliphatic rings. The Balaban J connectivity index is 2.42. The third-order valence-electron chi connectivity index (χ3n) is 3.30. The molecule has 2 aromatic heterocycles. The molecule has 0 aliphatic carbocycles. The predicted octanol–water partition coefficient (Wildman–Crippen LogP) is 2.72. The molecule has 0 radical (unpaired) electrons. The molecule has 0 fully saturated rings. The number of hydrogen-bond acceptors (Lipinski definition) is 2. The van der Waals surface area contributed by atoms with Gasteiger partial charge in [0, 0.05) is 18.0 Å². The molecular formula is C15H15N3O. The molecule has 0 saturated heterocycles. The maximum atomic E-state index is 11.9. The lowest BCUT2D eigenvalue weighted by Gasteiger charge is -2.04. The molecule has 3 rings (SSSR count). The monoisotopic (exact) mass is 253 g/mol. The molecule has 3 aromatic rings. The molecular weight excluding hydrogens is 238 g/mol. The second kappa shape index (κ2) is 4.39. The molecule has 4 nitrogen and oxygen atoms in total. The second-order valence-electron chi connectivity index (χ2n) is 4.54. The summed E-state index contributed by atoms with van der Waals surface area (Å²) in [5.41, 5.74) is 3.62. The number of pyridine rings is 1. The van der Waals surface area contributed by atoms with Crippen molar-refractivity contribution in [3.8, 4) is 11.1 Å². The number of aryl methyl sites for hydroxylation is 2. The first-order chi connectivity index (χ1) is 9.20. The molecule has 0 spiro atoms. The van der Waals surface area contributed by atoms with Crippen LogP contribution in [0.3, 0.4) is 0 Å². The van der Waals surface area contributed by atoms with Crippen molar-refractivity contribution in [2.24, 2.45) is 0 Å². The Morgan fingerprint density at radius 2 is 2.00 bits per heavy atom. The first kappa shape index (κ1) is 11.7. The lowest BCUT2D eigenvalue weighted by atomic mass is 10.0. The van der Waals surface area contributed by atoms with Gasteiger partial charge in [-0.05, 0) is 25.0 Å². The van der Waals surface area contributed by atoms with Crippen molar-refractivity contribution in [1.82, 2.24) is 14.8 Å². The van der Waals surface area contributed by atoms with Gasteiger partial charge in [0.05, 0.1) is 5.69 Å². The highest BCUT2D eigenvalue weighted by molar-refractivity contribution is 5.94. The highest BCUT2D eigenvalue weighted by Crippen LogP contribution is 2.28. The summed E-state index contributed by atoms with van der Waals surface area (Å²) >= 11 is 0. The molecule has 1 aromatic carbocycles. The van der Waals surface area contributed by atoms with E-state index in [1.807, 2.05) is 48.9 Å². The zero-order valence-corrected chi connectivity index (χ0v) is 11.0. The van der Waals surface area contributed by atoms with Gasteiger partial charge >= 0.3 is 0 Å². The van der Waals surface area contributed by atoms with Crippen LogP contribution >= 0.6 is 0 Å². The van der Waals surface area contributed by atoms with Crippen LogP contribution in [0.25, 0.3) is 22.2 Å². The Labute approximate surface area is 110 Å². The van der Waals surface area contributed by atoms with Gasteiger partial charge in [0.15, 0.2) is 0 Å². The number of aromatic amines is 1. The summed E-state index contributed by atoms with van der Waals surface area (Å²) in [5, 5.41) is 5.50. The van der Waals surface area contributed by atoms with Crippen LogP contribution in [0, 0.1) is 6.92 Å². The standard InChI is InChI=1S/C15H15N3O/c1-3-18-15-14(10(2)17-18)12(9-13(19)16-15)11-7-5-4-6-8-11/h4-9H,3H2,1-2H3,(H,16,19). The van der Waals surface area contributed by atoms with Gasteiger partial charge in [-0.25, -0.2) is 4.68 Å². The van der Waals surface area contributed by atoms with E-state index in [1.165, 1.54) is 0 Å². The quantitative estimate of drug-likeness (QED) is 0.763. The largest absolute Gasteiger partial charge is 0.307 e. The highest BCUT2D eigenvalue weighted by Gasteiger charge is 2.13. The zero-order valence-electron chi connectivity index (χ0n) is 11.0. The van der Waals surface area contributed by atoms with E-state index in [1.54, 1.807) is 6.07 Å². The van der Waals surface area contributed by atoms with Crippen molar-refractivity contribution >= 4 is 11.0 Å². The minimum Gasteiger partial charge on any atom is -0.307 e. The van der Waals surface area contributed by atoms with Crippen LogP contribution in [0.1, 0.15) is 12.6 Å². The molecule has 1 N–H and O–H groups in total. The van der Waals surface area contributed by atoms with Crippen LogP contribution < -0.4 is 5.56 Å². The molecule has 0 saturated carbocycles. The van der Waals surface area contributed by atoms with Gasteiger partial charge in [-0.15, -0.1) is 0 Å². The van der Waals surface area contributed by atoms with Gasteiger partial charge in [-0.2, -0.15) is 5.10 Å². The van der Waals surface area contributed by atoms with Gasteiger partial charge in [0.1, 0.15) is 5.65 Å². The van der Waals surface area contributed by atoms with Crippen LogP contribution in [-0.2, 0) is 6.54 Å². The van der Waals surface area contributed by atoms with E-state index in [0.29, 0.717) is 0 Å². The van der Waals surface area contributed by atoms with Crippen LogP contribution in [0.5, 0.6) is 0 Å². The molecule has 0 atom stereocenters. The number of benzene rings is 1. The van der Waals surface area contributed by atoms with Crippen LogP contribution in [0.4, 0.5) is 0 Å². The van der Waals surface area contributed by atoms with E-state index in [2.05, 4.69) is 10.1 Å². The normalized spacial score (nSPS) is 11.1. The van der Waals surface area contributed by atoms with Crippen molar-refractivity contribution in [1.29, 1.82) is 0 Å². The topological polar surface area (TPSA) is 50.7 Å². The van der Waals surface area contributed by atoms with E-state index >= 15 is 0 Å².